The molecule has 0 radical (unpaired) electrons. The van der Waals surface area contributed by atoms with E-state index in [-0.39, 0.29) is 12.0 Å². The summed E-state index contributed by atoms with van der Waals surface area (Å²) in [6.45, 7) is 12.2. The first-order valence-corrected chi connectivity index (χ1v) is 11.3. The Morgan fingerprint density at radius 3 is 2.75 bits per heavy atom. The first-order chi connectivity index (χ1) is 15.2. The van der Waals surface area contributed by atoms with E-state index in [1.54, 1.807) is 0 Å². The SMILES string of the molecule is Cc1noc(C)c1-c1ccc2nc(C3CCCN(C(=O)OC(C)(C)C)C3)n3c2c1OCC3. The summed E-state index contributed by atoms with van der Waals surface area (Å²) in [4.78, 5) is 19.5. The average Bonchev–Trinajstić information content (AvgIpc) is 3.29. The van der Waals surface area contributed by atoms with Crippen LogP contribution in [0.3, 0.4) is 0 Å². The topological polar surface area (TPSA) is 82.6 Å². The van der Waals surface area contributed by atoms with E-state index in [2.05, 4.69) is 9.72 Å². The highest BCUT2D eigenvalue weighted by Crippen LogP contribution is 2.43. The van der Waals surface area contributed by atoms with Crippen molar-refractivity contribution in [2.24, 2.45) is 0 Å². The second kappa shape index (κ2) is 7.53. The van der Waals surface area contributed by atoms with Crippen molar-refractivity contribution < 1.29 is 18.8 Å². The van der Waals surface area contributed by atoms with Crippen LogP contribution < -0.4 is 4.74 Å². The van der Waals surface area contributed by atoms with Crippen LogP contribution >= 0.6 is 0 Å². The summed E-state index contributed by atoms with van der Waals surface area (Å²) in [7, 11) is 0. The molecule has 0 spiro atoms. The molecule has 2 aliphatic rings. The third kappa shape index (κ3) is 3.51. The van der Waals surface area contributed by atoms with Crippen LogP contribution in [0.25, 0.3) is 22.2 Å². The normalized spacial score (nSPS) is 18.7. The number of aryl methyl sites for hydroxylation is 2. The zero-order valence-corrected chi connectivity index (χ0v) is 19.4. The molecule has 1 amide bonds. The molecule has 0 saturated carbocycles. The molecule has 32 heavy (non-hydrogen) atoms. The lowest BCUT2D eigenvalue weighted by Crippen LogP contribution is -2.42. The van der Waals surface area contributed by atoms with E-state index in [9.17, 15) is 4.79 Å². The number of carbonyl (C=O) groups excluding carboxylic acids is 1. The van der Waals surface area contributed by atoms with E-state index in [4.69, 9.17) is 19.0 Å². The Kier molecular flexibility index (Phi) is 4.91. The minimum Gasteiger partial charge on any atom is -0.489 e. The summed E-state index contributed by atoms with van der Waals surface area (Å²) >= 11 is 0. The number of carbonyl (C=O) groups is 1. The second-order valence-electron chi connectivity index (χ2n) is 9.74. The highest BCUT2D eigenvalue weighted by atomic mass is 16.6. The molecule has 1 unspecified atom stereocenters. The van der Waals surface area contributed by atoms with E-state index in [1.807, 2.05) is 51.7 Å². The summed E-state index contributed by atoms with van der Waals surface area (Å²) in [5.74, 6) is 2.80. The molecule has 2 aromatic heterocycles. The zero-order valence-electron chi connectivity index (χ0n) is 19.4. The van der Waals surface area contributed by atoms with Crippen LogP contribution in [-0.2, 0) is 11.3 Å². The first kappa shape index (κ1) is 20.8. The average molecular weight is 439 g/mol. The van der Waals surface area contributed by atoms with Crippen molar-refractivity contribution in [2.75, 3.05) is 19.7 Å². The van der Waals surface area contributed by atoms with Crippen molar-refractivity contribution in [3.05, 3.63) is 29.4 Å². The minimum atomic E-state index is -0.501. The van der Waals surface area contributed by atoms with Gasteiger partial charge in [0.25, 0.3) is 0 Å². The van der Waals surface area contributed by atoms with Crippen LogP contribution in [0.5, 0.6) is 5.75 Å². The Morgan fingerprint density at radius 1 is 1.22 bits per heavy atom. The van der Waals surface area contributed by atoms with E-state index in [0.29, 0.717) is 13.2 Å². The Labute approximate surface area is 187 Å². The molecular weight excluding hydrogens is 408 g/mol. The van der Waals surface area contributed by atoms with Gasteiger partial charge >= 0.3 is 6.09 Å². The lowest BCUT2D eigenvalue weighted by Gasteiger charge is -2.34. The highest BCUT2D eigenvalue weighted by Gasteiger charge is 2.33. The Morgan fingerprint density at radius 2 is 2.03 bits per heavy atom. The fraction of sp³-hybridized carbons (Fsp3) is 0.542. The molecule has 1 atom stereocenters. The Balaban J connectivity index is 1.53. The van der Waals surface area contributed by atoms with Gasteiger partial charge in [-0.05, 0) is 59.6 Å². The summed E-state index contributed by atoms with van der Waals surface area (Å²) < 4.78 is 19.5. The number of nitrogens with zero attached hydrogens (tertiary/aromatic N) is 4. The molecule has 8 nitrogen and oxygen atoms in total. The molecular formula is C24H30N4O4. The standard InChI is InChI=1S/C24H30N4O4/c1-14-19(15(2)32-26-14)17-8-9-18-20-21(17)30-12-11-28(20)22(25-18)16-7-6-10-27(13-16)23(29)31-24(3,4)5/h8-9,16H,6-7,10-13H2,1-5H3. The number of amides is 1. The number of imidazole rings is 1. The number of ether oxygens (including phenoxy) is 2. The minimum absolute atomic E-state index is 0.164. The predicted molar refractivity (Wildman–Crippen MR) is 120 cm³/mol. The Bertz CT molecular complexity index is 1170. The number of rotatable bonds is 2. The molecule has 0 N–H and O–H groups in total. The molecule has 4 heterocycles. The van der Waals surface area contributed by atoms with Gasteiger partial charge in [0.05, 0.1) is 23.3 Å². The predicted octanol–water partition coefficient (Wildman–Crippen LogP) is 4.82. The maximum Gasteiger partial charge on any atom is 0.410 e. The lowest BCUT2D eigenvalue weighted by molar-refractivity contribution is 0.0194. The number of hydrogen-bond acceptors (Lipinski definition) is 6. The molecule has 1 fully saturated rings. The summed E-state index contributed by atoms with van der Waals surface area (Å²) in [6, 6.07) is 4.09. The molecule has 0 aliphatic carbocycles. The molecule has 1 saturated heterocycles. The van der Waals surface area contributed by atoms with E-state index >= 15 is 0 Å². The molecule has 8 heteroatoms. The van der Waals surface area contributed by atoms with Crippen molar-refractivity contribution in [3.8, 4) is 16.9 Å². The molecule has 170 valence electrons. The van der Waals surface area contributed by atoms with Crippen molar-refractivity contribution in [3.63, 3.8) is 0 Å². The number of likely N-dealkylation sites (tertiary alicyclic amines) is 1. The zero-order chi connectivity index (χ0) is 22.6. The van der Waals surface area contributed by atoms with Crippen LogP contribution in [0.2, 0.25) is 0 Å². The van der Waals surface area contributed by atoms with Gasteiger partial charge in [0.15, 0.2) is 5.75 Å². The van der Waals surface area contributed by atoms with Crippen molar-refractivity contribution in [2.45, 2.75) is 65.5 Å². The second-order valence-corrected chi connectivity index (χ2v) is 9.74. The van der Waals surface area contributed by atoms with Gasteiger partial charge in [0.1, 0.15) is 29.3 Å². The van der Waals surface area contributed by atoms with Crippen LogP contribution in [0.15, 0.2) is 16.7 Å². The smallest absolute Gasteiger partial charge is 0.410 e. The van der Waals surface area contributed by atoms with Crippen LogP contribution in [-0.4, -0.2) is 51.0 Å². The lowest BCUT2D eigenvalue weighted by atomic mass is 9.97. The molecule has 2 aliphatic heterocycles. The van der Waals surface area contributed by atoms with Crippen molar-refractivity contribution in [1.29, 1.82) is 0 Å². The van der Waals surface area contributed by atoms with Gasteiger partial charge in [-0.25, -0.2) is 9.78 Å². The van der Waals surface area contributed by atoms with Crippen molar-refractivity contribution >= 4 is 17.1 Å². The van der Waals surface area contributed by atoms with Gasteiger partial charge in [-0.3, -0.25) is 0 Å². The van der Waals surface area contributed by atoms with Gasteiger partial charge in [0, 0.05) is 24.6 Å². The fourth-order valence-electron chi connectivity index (χ4n) is 4.88. The van der Waals surface area contributed by atoms with E-state index < -0.39 is 5.60 Å². The summed E-state index contributed by atoms with van der Waals surface area (Å²) in [5.41, 5.74) is 4.24. The van der Waals surface area contributed by atoms with E-state index in [1.165, 1.54) is 0 Å². The van der Waals surface area contributed by atoms with Gasteiger partial charge in [-0.15, -0.1) is 0 Å². The quantitative estimate of drug-likeness (QED) is 0.571. The third-order valence-electron chi connectivity index (χ3n) is 6.19. The van der Waals surface area contributed by atoms with Crippen molar-refractivity contribution in [1.82, 2.24) is 19.6 Å². The molecule has 0 bridgehead atoms. The Hall–Kier alpha value is -3.03. The third-order valence-corrected chi connectivity index (χ3v) is 6.19. The van der Waals surface area contributed by atoms with Gasteiger partial charge < -0.3 is 23.5 Å². The van der Waals surface area contributed by atoms with Crippen LogP contribution in [0, 0.1) is 13.8 Å². The first-order valence-electron chi connectivity index (χ1n) is 11.3. The van der Waals surface area contributed by atoms with Crippen LogP contribution in [0.4, 0.5) is 4.79 Å². The van der Waals surface area contributed by atoms with E-state index in [0.717, 1.165) is 71.1 Å². The maximum absolute atomic E-state index is 12.7. The number of benzene rings is 1. The highest BCUT2D eigenvalue weighted by molar-refractivity contribution is 5.92. The molecule has 3 aromatic rings. The largest absolute Gasteiger partial charge is 0.489 e. The van der Waals surface area contributed by atoms with Gasteiger partial charge in [0.2, 0.25) is 0 Å². The summed E-state index contributed by atoms with van der Waals surface area (Å²) in [6.07, 6.45) is 1.68. The molecule has 1 aromatic carbocycles. The molecule has 5 rings (SSSR count). The maximum atomic E-state index is 12.7. The van der Waals surface area contributed by atoms with Crippen LogP contribution in [0.1, 0.15) is 56.8 Å². The number of aromatic nitrogens is 3. The van der Waals surface area contributed by atoms with Gasteiger partial charge in [-0.1, -0.05) is 5.16 Å². The number of piperidine rings is 1. The number of hydrogen-bond donors (Lipinski definition) is 0. The fourth-order valence-corrected chi connectivity index (χ4v) is 4.88. The van der Waals surface area contributed by atoms with Gasteiger partial charge in [-0.2, -0.15) is 0 Å². The monoisotopic (exact) mass is 438 g/mol. The summed E-state index contributed by atoms with van der Waals surface area (Å²) in [5, 5.41) is 4.11.